The molecule has 198 valence electrons. The summed E-state index contributed by atoms with van der Waals surface area (Å²) in [6.07, 6.45) is -0.311. The van der Waals surface area contributed by atoms with E-state index < -0.39 is 23.3 Å². The highest BCUT2D eigenvalue weighted by Crippen LogP contribution is 2.52. The predicted octanol–water partition coefficient (Wildman–Crippen LogP) is 5.32. The van der Waals surface area contributed by atoms with Crippen LogP contribution >= 0.6 is 0 Å². The van der Waals surface area contributed by atoms with Crippen LogP contribution in [0.15, 0.2) is 36.7 Å². The van der Waals surface area contributed by atoms with E-state index in [-0.39, 0.29) is 51.7 Å². The number of hydrogen-bond acceptors (Lipinski definition) is 4. The molecule has 38 heavy (non-hydrogen) atoms. The SMILES string of the molecule is CC(C)C(=O)N1C[C@H]2CC[C@@H](C1)C2c1cn(C)c2ncc(NC(=O)c3cccc(C#N)c3)c(C(F)(F)F)c12. The van der Waals surface area contributed by atoms with Crippen LogP contribution in [0, 0.1) is 29.1 Å². The maximum Gasteiger partial charge on any atom is 0.419 e. The van der Waals surface area contributed by atoms with Gasteiger partial charge >= 0.3 is 6.18 Å². The standard InChI is InChI=1S/C28H28F3N5O2/c1-15(2)27(38)36-12-18-7-8-19(13-36)22(18)20-14-35(3)25-23(20)24(28(29,30)31)21(11-33-25)34-26(37)17-6-4-5-16(9-17)10-32/h4-6,9,11,14-15,18-19,22H,7-8,12-13H2,1-3H3,(H,34,37)/t18-,19+,22?. The smallest absolute Gasteiger partial charge is 0.342 e. The summed E-state index contributed by atoms with van der Waals surface area (Å²) >= 11 is 0. The fourth-order valence-corrected chi connectivity index (χ4v) is 6.22. The van der Waals surface area contributed by atoms with Gasteiger partial charge in [0.15, 0.2) is 0 Å². The minimum atomic E-state index is -4.76. The van der Waals surface area contributed by atoms with Crippen molar-refractivity contribution in [2.75, 3.05) is 18.4 Å². The molecule has 5 rings (SSSR count). The molecule has 0 radical (unpaired) electrons. The summed E-state index contributed by atoms with van der Waals surface area (Å²) in [4.78, 5) is 31.8. The van der Waals surface area contributed by atoms with Crippen LogP contribution in [0.2, 0.25) is 0 Å². The molecule has 1 aliphatic heterocycles. The first-order chi connectivity index (χ1) is 18.0. The summed E-state index contributed by atoms with van der Waals surface area (Å²) in [5.41, 5.74) is -0.297. The minimum Gasteiger partial charge on any atom is -0.342 e. The van der Waals surface area contributed by atoms with Gasteiger partial charge in [0.05, 0.1) is 29.1 Å². The maximum atomic E-state index is 14.7. The van der Waals surface area contributed by atoms with Crippen molar-refractivity contribution >= 4 is 28.5 Å². The number of nitrogens with zero attached hydrogens (tertiary/aromatic N) is 4. The highest BCUT2D eigenvalue weighted by molar-refractivity contribution is 6.06. The summed E-state index contributed by atoms with van der Waals surface area (Å²) < 4.78 is 45.7. The van der Waals surface area contributed by atoms with Crippen molar-refractivity contribution < 1.29 is 22.8 Å². The summed E-state index contributed by atoms with van der Waals surface area (Å²) in [5.74, 6) is -0.862. The van der Waals surface area contributed by atoms with Crippen molar-refractivity contribution in [3.63, 3.8) is 0 Å². The van der Waals surface area contributed by atoms with Gasteiger partial charge < -0.3 is 14.8 Å². The normalized spacial score (nSPS) is 21.1. The van der Waals surface area contributed by atoms with E-state index >= 15 is 0 Å². The second-order valence-electron chi connectivity index (χ2n) is 10.6. The van der Waals surface area contributed by atoms with E-state index in [0.717, 1.165) is 19.0 Å². The van der Waals surface area contributed by atoms with Crippen molar-refractivity contribution in [1.29, 1.82) is 5.26 Å². The molecule has 10 heteroatoms. The zero-order valence-corrected chi connectivity index (χ0v) is 21.3. The Morgan fingerprint density at radius 1 is 1.18 bits per heavy atom. The lowest BCUT2D eigenvalue weighted by Crippen LogP contribution is -2.45. The van der Waals surface area contributed by atoms with Crippen LogP contribution in [0.4, 0.5) is 18.9 Å². The van der Waals surface area contributed by atoms with Gasteiger partial charge in [-0.2, -0.15) is 18.4 Å². The number of halogens is 3. The van der Waals surface area contributed by atoms with Crippen LogP contribution in [0.25, 0.3) is 11.0 Å². The summed E-state index contributed by atoms with van der Waals surface area (Å²) in [7, 11) is 1.67. The number of aryl methyl sites for hydroxylation is 1. The van der Waals surface area contributed by atoms with Gasteiger partial charge in [-0.25, -0.2) is 4.98 Å². The van der Waals surface area contributed by atoms with Crippen molar-refractivity contribution in [1.82, 2.24) is 14.5 Å². The molecule has 3 aromatic rings. The van der Waals surface area contributed by atoms with Crippen LogP contribution in [0.5, 0.6) is 0 Å². The van der Waals surface area contributed by atoms with Gasteiger partial charge in [-0.05, 0) is 54.4 Å². The number of rotatable bonds is 4. The van der Waals surface area contributed by atoms with Crippen molar-refractivity contribution in [3.05, 3.63) is 58.9 Å². The Kier molecular flexibility index (Phi) is 6.41. The van der Waals surface area contributed by atoms with Crippen molar-refractivity contribution in [2.24, 2.45) is 24.8 Å². The Hall–Kier alpha value is -3.87. The number of pyridine rings is 1. The van der Waals surface area contributed by atoms with Crippen LogP contribution in [-0.2, 0) is 18.0 Å². The molecule has 2 bridgehead atoms. The van der Waals surface area contributed by atoms with Gasteiger partial charge in [-0.1, -0.05) is 19.9 Å². The number of carbonyl (C=O) groups excluding carboxylic acids is 2. The monoisotopic (exact) mass is 523 g/mol. The quantitative estimate of drug-likeness (QED) is 0.501. The number of amides is 2. The van der Waals surface area contributed by atoms with E-state index in [1.165, 1.54) is 24.3 Å². The Morgan fingerprint density at radius 2 is 1.87 bits per heavy atom. The van der Waals surface area contributed by atoms with Gasteiger partial charge in [0, 0.05) is 43.2 Å². The highest BCUT2D eigenvalue weighted by Gasteiger charge is 2.47. The molecule has 1 saturated heterocycles. The lowest BCUT2D eigenvalue weighted by atomic mass is 9.79. The first-order valence-corrected chi connectivity index (χ1v) is 12.6. The second-order valence-corrected chi connectivity index (χ2v) is 10.6. The zero-order valence-electron chi connectivity index (χ0n) is 21.3. The number of carbonyl (C=O) groups is 2. The van der Waals surface area contributed by atoms with E-state index in [0.29, 0.717) is 18.7 Å². The number of hydrogen-bond donors (Lipinski definition) is 1. The number of piperidine rings is 1. The third-order valence-electron chi connectivity index (χ3n) is 7.80. The van der Waals surface area contributed by atoms with Gasteiger partial charge in [0.25, 0.3) is 5.91 Å². The van der Waals surface area contributed by atoms with Crippen molar-refractivity contribution in [2.45, 2.75) is 38.8 Å². The van der Waals surface area contributed by atoms with Crippen LogP contribution in [0.3, 0.4) is 0 Å². The Morgan fingerprint density at radius 3 is 2.47 bits per heavy atom. The van der Waals surface area contributed by atoms with Crippen LogP contribution < -0.4 is 5.32 Å². The number of likely N-dealkylation sites (tertiary alicyclic amines) is 1. The third kappa shape index (κ3) is 4.40. The van der Waals surface area contributed by atoms with E-state index in [4.69, 9.17) is 5.26 Å². The zero-order chi connectivity index (χ0) is 27.4. The molecule has 2 aliphatic rings. The van der Waals surface area contributed by atoms with Gasteiger partial charge in [0.2, 0.25) is 5.91 Å². The molecule has 3 atom stereocenters. The van der Waals surface area contributed by atoms with E-state index in [2.05, 4.69) is 10.3 Å². The Labute approximate surface area is 218 Å². The number of fused-ring (bicyclic) bond motifs is 3. The molecular formula is C28H28F3N5O2. The van der Waals surface area contributed by atoms with Gasteiger partial charge in [-0.3, -0.25) is 9.59 Å². The highest BCUT2D eigenvalue weighted by atomic mass is 19.4. The van der Waals surface area contributed by atoms with Crippen LogP contribution in [-0.4, -0.2) is 39.4 Å². The molecule has 1 aromatic carbocycles. The molecule has 7 nitrogen and oxygen atoms in total. The van der Waals surface area contributed by atoms with Gasteiger partial charge in [0.1, 0.15) is 5.65 Å². The molecule has 2 aromatic heterocycles. The molecule has 1 saturated carbocycles. The lowest BCUT2D eigenvalue weighted by molar-refractivity contribution is -0.137. The predicted molar refractivity (Wildman–Crippen MR) is 135 cm³/mol. The maximum absolute atomic E-state index is 14.7. The number of aromatic nitrogens is 2. The lowest BCUT2D eigenvalue weighted by Gasteiger charge is -2.39. The fraction of sp³-hybridized carbons (Fsp3) is 0.429. The van der Waals surface area contributed by atoms with E-state index in [1.807, 2.05) is 24.8 Å². The topological polar surface area (TPSA) is 91.0 Å². The Bertz CT molecular complexity index is 1460. The molecule has 1 aliphatic carbocycles. The molecule has 1 N–H and O–H groups in total. The van der Waals surface area contributed by atoms with E-state index in [9.17, 15) is 22.8 Å². The molecule has 2 fully saturated rings. The largest absolute Gasteiger partial charge is 0.419 e. The average Bonchev–Trinajstić information content (AvgIpc) is 3.33. The molecular weight excluding hydrogens is 495 g/mol. The second kappa shape index (κ2) is 9.46. The summed E-state index contributed by atoms with van der Waals surface area (Å²) in [5, 5.41) is 11.5. The van der Waals surface area contributed by atoms with Crippen molar-refractivity contribution in [3.8, 4) is 6.07 Å². The molecule has 0 spiro atoms. The first kappa shape index (κ1) is 25.8. The summed E-state index contributed by atoms with van der Waals surface area (Å²) in [6.45, 7) is 4.76. The Balaban J connectivity index is 1.58. The number of anilines is 1. The van der Waals surface area contributed by atoms with Gasteiger partial charge in [-0.15, -0.1) is 0 Å². The third-order valence-corrected chi connectivity index (χ3v) is 7.80. The number of alkyl halides is 3. The summed E-state index contributed by atoms with van der Waals surface area (Å²) in [6, 6.07) is 7.70. The number of nitrogens with one attached hydrogen (secondary N) is 1. The number of nitriles is 1. The van der Waals surface area contributed by atoms with Crippen LogP contribution in [0.1, 0.15) is 59.7 Å². The van der Waals surface area contributed by atoms with E-state index in [1.54, 1.807) is 17.8 Å². The minimum absolute atomic E-state index is 0.00545. The molecule has 1 unspecified atom stereocenters. The molecule has 3 heterocycles. The average molecular weight is 524 g/mol. The number of benzene rings is 1. The fourth-order valence-electron chi connectivity index (χ4n) is 6.22. The first-order valence-electron chi connectivity index (χ1n) is 12.6. The molecule has 2 amide bonds.